The smallest absolute Gasteiger partial charge is 0.282 e. The second-order valence-electron chi connectivity index (χ2n) is 4.48. The van der Waals surface area contributed by atoms with Crippen LogP contribution in [0.25, 0.3) is 6.08 Å². The number of thioether (sulfide) groups is 1. The number of hydrazone groups is 1. The van der Waals surface area contributed by atoms with Crippen molar-refractivity contribution in [3.63, 3.8) is 0 Å². The molecule has 2 aliphatic heterocycles. The van der Waals surface area contributed by atoms with Gasteiger partial charge in [0.05, 0.1) is 5.57 Å². The number of rotatable bonds is 1. The molecule has 1 amide bonds. The highest BCUT2D eigenvalue weighted by Gasteiger charge is 2.46. The Kier molecular flexibility index (Phi) is 3.88. The minimum atomic E-state index is -4.65. The number of aliphatic imine (C=N–C) groups is 1. The number of hydrogen-bond acceptors (Lipinski definition) is 4. The Balaban J connectivity index is 1.99. The van der Waals surface area contributed by atoms with Crippen molar-refractivity contribution in [2.75, 3.05) is 0 Å². The zero-order valence-corrected chi connectivity index (χ0v) is 13.5. The molecule has 2 heterocycles. The zero-order valence-electron chi connectivity index (χ0n) is 11.1. The highest BCUT2D eigenvalue weighted by atomic mass is 79.9. The number of carbonyl (C=O) groups excluding carboxylic acids is 1. The highest BCUT2D eigenvalue weighted by Crippen LogP contribution is 2.35. The lowest BCUT2D eigenvalue weighted by molar-refractivity contribution is -0.114. The predicted molar refractivity (Wildman–Crippen MR) is 85.2 cm³/mol. The summed E-state index contributed by atoms with van der Waals surface area (Å²) in [6.45, 7) is 0. The molecule has 0 aliphatic carbocycles. The highest BCUT2D eigenvalue weighted by molar-refractivity contribution is 9.10. The van der Waals surface area contributed by atoms with E-state index >= 15 is 0 Å². The van der Waals surface area contributed by atoms with Gasteiger partial charge in [0.15, 0.2) is 5.84 Å². The van der Waals surface area contributed by atoms with E-state index in [1.54, 1.807) is 24.3 Å². The van der Waals surface area contributed by atoms with Crippen LogP contribution in [0.2, 0.25) is 0 Å². The van der Waals surface area contributed by atoms with Crippen LogP contribution in [-0.2, 0) is 4.79 Å². The Morgan fingerprint density at radius 3 is 2.74 bits per heavy atom. The van der Waals surface area contributed by atoms with E-state index in [-0.39, 0.29) is 22.5 Å². The quantitative estimate of drug-likeness (QED) is 0.729. The van der Waals surface area contributed by atoms with Gasteiger partial charge in [0.1, 0.15) is 0 Å². The number of amides is 1. The van der Waals surface area contributed by atoms with Gasteiger partial charge < -0.3 is 0 Å². The van der Waals surface area contributed by atoms with E-state index in [2.05, 4.69) is 26.0 Å². The molecule has 0 atom stereocenters. The molecule has 0 saturated carbocycles. The van der Waals surface area contributed by atoms with Gasteiger partial charge in [-0.05, 0) is 35.5 Å². The van der Waals surface area contributed by atoms with E-state index in [1.165, 1.54) is 6.08 Å². The maximum atomic E-state index is 12.7. The molecule has 0 fully saturated rings. The van der Waals surface area contributed by atoms with E-state index in [0.29, 0.717) is 5.56 Å². The molecule has 0 saturated heterocycles. The molecule has 3 rings (SSSR count). The molecule has 1 aromatic rings. The van der Waals surface area contributed by atoms with Crippen molar-refractivity contribution in [2.24, 2.45) is 10.1 Å². The number of halogens is 4. The van der Waals surface area contributed by atoms with Gasteiger partial charge >= 0.3 is 6.18 Å². The monoisotopic (exact) mass is 402 g/mol. The molecule has 2 aliphatic rings. The molecule has 23 heavy (non-hydrogen) atoms. The summed E-state index contributed by atoms with van der Waals surface area (Å²) in [5.74, 6) is -1.21. The summed E-state index contributed by atoms with van der Waals surface area (Å²) in [5, 5.41) is 10.6. The van der Waals surface area contributed by atoms with Gasteiger partial charge in [-0.25, -0.2) is 0 Å². The van der Waals surface area contributed by atoms with Gasteiger partial charge in [-0.2, -0.15) is 28.3 Å². The Hall–Kier alpha value is -1.94. The fourth-order valence-electron chi connectivity index (χ4n) is 1.87. The number of benzene rings is 1. The minimum Gasteiger partial charge on any atom is -0.282 e. The van der Waals surface area contributed by atoms with Crippen molar-refractivity contribution < 1.29 is 18.0 Å². The topological polar surface area (TPSA) is 68.9 Å². The van der Waals surface area contributed by atoms with Crippen molar-refractivity contribution in [1.82, 2.24) is 5.01 Å². The van der Waals surface area contributed by atoms with Crippen molar-refractivity contribution in [3.05, 3.63) is 39.9 Å². The summed E-state index contributed by atoms with van der Waals surface area (Å²) in [4.78, 5) is 15.6. The van der Waals surface area contributed by atoms with Crippen molar-refractivity contribution >= 4 is 55.7 Å². The van der Waals surface area contributed by atoms with Crippen LogP contribution in [0.3, 0.4) is 0 Å². The molecule has 118 valence electrons. The summed E-state index contributed by atoms with van der Waals surface area (Å²) in [6.07, 6.45) is -3.26. The van der Waals surface area contributed by atoms with Crippen LogP contribution < -0.4 is 0 Å². The molecule has 1 aromatic carbocycles. The number of alkyl halides is 3. The molecule has 0 radical (unpaired) electrons. The van der Waals surface area contributed by atoms with Crippen LogP contribution in [0.1, 0.15) is 5.56 Å². The standard InChI is InChI=1S/C13H6BrF3N4OS/c14-7-3-1-2-6(4-7)5-8-9(18)21-12(19-10(8)22)23-11(20-21)13(15,16)17/h1-5,18H/b8-5-,18-9?. The fraction of sp³-hybridized carbons (Fsp3) is 0.0769. The van der Waals surface area contributed by atoms with Gasteiger partial charge in [-0.3, -0.25) is 10.2 Å². The second kappa shape index (κ2) is 5.60. The third-order valence-corrected chi connectivity index (χ3v) is 4.30. The third kappa shape index (κ3) is 3.08. The molecule has 1 N–H and O–H groups in total. The molecule has 0 bridgehead atoms. The van der Waals surface area contributed by atoms with Crippen LogP contribution in [0.15, 0.2) is 44.4 Å². The molecule has 10 heteroatoms. The average Bonchev–Trinajstić information content (AvgIpc) is 2.87. The van der Waals surface area contributed by atoms with Gasteiger partial charge in [-0.15, -0.1) is 0 Å². The first-order valence-corrected chi connectivity index (χ1v) is 7.69. The van der Waals surface area contributed by atoms with Crippen LogP contribution in [-0.4, -0.2) is 33.1 Å². The largest absolute Gasteiger partial charge is 0.441 e. The van der Waals surface area contributed by atoms with Gasteiger partial charge in [0.2, 0.25) is 10.2 Å². The number of amidine groups is 2. The van der Waals surface area contributed by atoms with Crippen molar-refractivity contribution in [3.8, 4) is 0 Å². The van der Waals surface area contributed by atoms with Crippen molar-refractivity contribution in [2.45, 2.75) is 6.18 Å². The van der Waals surface area contributed by atoms with E-state index in [9.17, 15) is 18.0 Å². The summed E-state index contributed by atoms with van der Waals surface area (Å²) < 4.78 is 38.9. The summed E-state index contributed by atoms with van der Waals surface area (Å²) in [7, 11) is 0. The average molecular weight is 403 g/mol. The molecule has 5 nitrogen and oxygen atoms in total. The molecular weight excluding hydrogens is 397 g/mol. The molecule has 0 spiro atoms. The Morgan fingerprint density at radius 2 is 2.09 bits per heavy atom. The lowest BCUT2D eigenvalue weighted by Crippen LogP contribution is -2.35. The first-order valence-electron chi connectivity index (χ1n) is 6.09. The summed E-state index contributed by atoms with van der Waals surface area (Å²) in [6, 6.07) is 6.91. The summed E-state index contributed by atoms with van der Waals surface area (Å²) in [5.41, 5.74) is 0.484. The number of nitrogens with zero attached hydrogens (tertiary/aromatic N) is 3. The molecule has 0 aromatic heterocycles. The fourth-order valence-corrected chi connectivity index (χ4v) is 3.04. The van der Waals surface area contributed by atoms with Gasteiger partial charge in [-0.1, -0.05) is 28.1 Å². The van der Waals surface area contributed by atoms with Crippen LogP contribution >= 0.6 is 27.7 Å². The van der Waals surface area contributed by atoms with Crippen LogP contribution in [0, 0.1) is 5.41 Å². The number of carbonyl (C=O) groups is 1. The Bertz CT molecular complexity index is 816. The number of fused-ring (bicyclic) bond motifs is 1. The maximum absolute atomic E-state index is 12.7. The maximum Gasteiger partial charge on any atom is 0.441 e. The molecular formula is C13H6BrF3N4OS. The lowest BCUT2D eigenvalue weighted by Gasteiger charge is -2.20. The number of hydrogen-bond donors (Lipinski definition) is 1. The lowest BCUT2D eigenvalue weighted by atomic mass is 10.1. The first-order chi connectivity index (χ1) is 10.8. The Labute approximate surface area is 140 Å². The normalized spacial score (nSPS) is 19.8. The van der Waals surface area contributed by atoms with Gasteiger partial charge in [0, 0.05) is 4.47 Å². The summed E-state index contributed by atoms with van der Waals surface area (Å²) >= 11 is 3.50. The SMILES string of the molecule is N=C1/C(=C/c2cccc(Br)c2)C(=O)N=C2SC(C(F)(F)F)=NN12. The van der Waals surface area contributed by atoms with E-state index in [1.807, 2.05) is 0 Å². The Morgan fingerprint density at radius 1 is 1.35 bits per heavy atom. The second-order valence-corrected chi connectivity index (χ2v) is 6.35. The minimum absolute atomic E-state index is 0.125. The number of nitrogens with one attached hydrogen (secondary N) is 1. The van der Waals surface area contributed by atoms with Gasteiger partial charge in [0.25, 0.3) is 5.91 Å². The first kappa shape index (κ1) is 15.9. The zero-order chi connectivity index (χ0) is 16.8. The third-order valence-electron chi connectivity index (χ3n) is 2.86. The van der Waals surface area contributed by atoms with E-state index in [0.717, 1.165) is 9.48 Å². The predicted octanol–water partition coefficient (Wildman–Crippen LogP) is 3.63. The van der Waals surface area contributed by atoms with Crippen molar-refractivity contribution in [1.29, 1.82) is 5.41 Å². The van der Waals surface area contributed by atoms with Crippen LogP contribution in [0.4, 0.5) is 13.2 Å². The van der Waals surface area contributed by atoms with E-state index < -0.39 is 23.0 Å². The van der Waals surface area contributed by atoms with Crippen LogP contribution in [0.5, 0.6) is 0 Å². The molecule has 0 unspecified atom stereocenters. The van der Waals surface area contributed by atoms with E-state index in [4.69, 9.17) is 5.41 Å².